The van der Waals surface area contributed by atoms with Crippen molar-refractivity contribution >= 4 is 41.0 Å². The van der Waals surface area contributed by atoms with Crippen molar-refractivity contribution in [1.82, 2.24) is 25.1 Å². The van der Waals surface area contributed by atoms with Crippen molar-refractivity contribution in [2.45, 2.75) is 25.9 Å². The van der Waals surface area contributed by atoms with E-state index in [4.69, 9.17) is 0 Å². The molecule has 162 valence electrons. The molecule has 0 aliphatic rings. The first-order valence-corrected chi connectivity index (χ1v) is 10.2. The Morgan fingerprint density at radius 1 is 1.07 bits per heavy atom. The van der Waals surface area contributed by atoms with Gasteiger partial charge in [0.25, 0.3) is 0 Å². The summed E-state index contributed by atoms with van der Waals surface area (Å²) >= 11 is 0. The summed E-state index contributed by atoms with van der Waals surface area (Å²) in [7, 11) is 6.02. The lowest BCUT2D eigenvalue weighted by atomic mass is 10.1. The number of rotatable bonds is 8. The first-order valence-electron chi connectivity index (χ1n) is 10.2. The number of para-hydroxylation sites is 2. The van der Waals surface area contributed by atoms with Crippen molar-refractivity contribution in [2.24, 2.45) is 4.99 Å². The molecule has 1 heterocycles. The van der Waals surface area contributed by atoms with Crippen molar-refractivity contribution in [1.29, 1.82) is 0 Å². The zero-order valence-corrected chi connectivity index (χ0v) is 20.6. The molecule has 2 N–H and O–H groups in total. The Kier molecular flexibility index (Phi) is 9.58. The van der Waals surface area contributed by atoms with Gasteiger partial charge in [0.2, 0.25) is 0 Å². The average molecular weight is 520 g/mol. The van der Waals surface area contributed by atoms with Gasteiger partial charge in [0.1, 0.15) is 5.82 Å². The fraction of sp³-hybridized carbons (Fsp3) is 0.391. The second-order valence-electron chi connectivity index (χ2n) is 7.42. The number of aromatic nitrogens is 2. The van der Waals surface area contributed by atoms with Crippen LogP contribution in [0.15, 0.2) is 59.6 Å². The number of aryl methyl sites for hydroxylation is 2. The standard InChI is InChI=1S/C23H32N6.HI/c1-18-27-20-13-8-9-14-21(20)29(18)16-10-15-25-23(24-2)26-17-22(28(3)4)19-11-6-5-7-12-19;/h5-9,11-14,22H,10,15-17H2,1-4H3,(H2,24,25,26);1H. The topological polar surface area (TPSA) is 57.5 Å². The van der Waals surface area contributed by atoms with E-state index < -0.39 is 0 Å². The molecular formula is C23H33IN6. The van der Waals surface area contributed by atoms with Gasteiger partial charge in [0.15, 0.2) is 5.96 Å². The van der Waals surface area contributed by atoms with E-state index in [1.54, 1.807) is 0 Å². The number of fused-ring (bicyclic) bond motifs is 1. The summed E-state index contributed by atoms with van der Waals surface area (Å²) in [6.07, 6.45) is 0.998. The van der Waals surface area contributed by atoms with E-state index in [9.17, 15) is 0 Å². The van der Waals surface area contributed by atoms with Crippen LogP contribution >= 0.6 is 24.0 Å². The van der Waals surface area contributed by atoms with Gasteiger partial charge >= 0.3 is 0 Å². The minimum Gasteiger partial charge on any atom is -0.356 e. The lowest BCUT2D eigenvalue weighted by molar-refractivity contribution is 0.298. The first-order chi connectivity index (χ1) is 14.1. The lowest BCUT2D eigenvalue weighted by Crippen LogP contribution is -2.42. The number of halogens is 1. The maximum absolute atomic E-state index is 4.64. The highest BCUT2D eigenvalue weighted by molar-refractivity contribution is 14.0. The Balaban J connectivity index is 0.00000320. The fourth-order valence-electron chi connectivity index (χ4n) is 3.61. The number of guanidine groups is 1. The lowest BCUT2D eigenvalue weighted by Gasteiger charge is -2.26. The van der Waals surface area contributed by atoms with E-state index >= 15 is 0 Å². The van der Waals surface area contributed by atoms with Crippen molar-refractivity contribution in [3.8, 4) is 0 Å². The second-order valence-corrected chi connectivity index (χ2v) is 7.42. The van der Waals surface area contributed by atoms with E-state index in [0.29, 0.717) is 0 Å². The van der Waals surface area contributed by atoms with Crippen LogP contribution in [0.2, 0.25) is 0 Å². The molecule has 2 aromatic carbocycles. The molecular weight excluding hydrogens is 487 g/mol. The van der Waals surface area contributed by atoms with Gasteiger partial charge in [-0.2, -0.15) is 0 Å². The van der Waals surface area contributed by atoms with E-state index in [-0.39, 0.29) is 30.0 Å². The normalized spacial score (nSPS) is 12.6. The van der Waals surface area contributed by atoms with Crippen LogP contribution in [0, 0.1) is 6.92 Å². The minimum atomic E-state index is 0. The van der Waals surface area contributed by atoms with E-state index in [2.05, 4.69) is 99.6 Å². The predicted octanol–water partition coefficient (Wildman–Crippen LogP) is 3.82. The van der Waals surface area contributed by atoms with Gasteiger partial charge in [-0.3, -0.25) is 4.99 Å². The quantitative estimate of drug-likeness (QED) is 0.205. The molecule has 7 heteroatoms. The third kappa shape index (κ3) is 6.18. The highest BCUT2D eigenvalue weighted by Crippen LogP contribution is 2.17. The van der Waals surface area contributed by atoms with Gasteiger partial charge in [-0.25, -0.2) is 4.98 Å². The van der Waals surface area contributed by atoms with E-state index in [1.165, 1.54) is 11.1 Å². The Bertz CT molecular complexity index is 935. The van der Waals surface area contributed by atoms with Crippen LogP contribution < -0.4 is 10.6 Å². The molecule has 0 saturated heterocycles. The summed E-state index contributed by atoms with van der Waals surface area (Å²) in [6, 6.07) is 19.1. The van der Waals surface area contributed by atoms with E-state index in [0.717, 1.165) is 43.4 Å². The SMILES string of the molecule is CN=C(NCCCn1c(C)nc2ccccc21)NCC(c1ccccc1)N(C)C.I. The molecule has 3 aromatic rings. The summed E-state index contributed by atoms with van der Waals surface area (Å²) < 4.78 is 2.28. The number of aliphatic imine (C=N–C) groups is 1. The van der Waals surface area contributed by atoms with Gasteiger partial charge in [0.05, 0.1) is 17.1 Å². The van der Waals surface area contributed by atoms with E-state index in [1.807, 2.05) is 13.1 Å². The van der Waals surface area contributed by atoms with Gasteiger partial charge in [-0.1, -0.05) is 42.5 Å². The molecule has 3 rings (SSSR count). The smallest absolute Gasteiger partial charge is 0.191 e. The molecule has 0 fully saturated rings. The number of nitrogens with one attached hydrogen (secondary N) is 2. The molecule has 1 aromatic heterocycles. The molecule has 0 bridgehead atoms. The second kappa shape index (κ2) is 11.9. The highest BCUT2D eigenvalue weighted by atomic mass is 127. The van der Waals surface area contributed by atoms with Crippen LogP contribution in [0.3, 0.4) is 0 Å². The van der Waals surface area contributed by atoms with Gasteiger partial charge in [0, 0.05) is 26.7 Å². The molecule has 0 saturated carbocycles. The van der Waals surface area contributed by atoms with Crippen LogP contribution in [0.4, 0.5) is 0 Å². The molecule has 1 atom stereocenters. The maximum atomic E-state index is 4.64. The van der Waals surface area contributed by atoms with Crippen molar-refractivity contribution < 1.29 is 0 Å². The number of imidazole rings is 1. The molecule has 0 aliphatic heterocycles. The van der Waals surface area contributed by atoms with Gasteiger partial charge in [-0.05, 0) is 45.1 Å². The van der Waals surface area contributed by atoms with Gasteiger partial charge < -0.3 is 20.1 Å². The summed E-state index contributed by atoms with van der Waals surface area (Å²) in [5, 5.41) is 6.89. The Labute approximate surface area is 196 Å². The molecule has 0 amide bonds. The number of hydrogen-bond donors (Lipinski definition) is 2. The number of likely N-dealkylation sites (N-methyl/N-ethyl adjacent to an activating group) is 1. The van der Waals surface area contributed by atoms with Crippen molar-refractivity contribution in [3.63, 3.8) is 0 Å². The monoisotopic (exact) mass is 520 g/mol. The van der Waals surface area contributed by atoms with Crippen molar-refractivity contribution in [2.75, 3.05) is 34.2 Å². The minimum absolute atomic E-state index is 0. The molecule has 0 spiro atoms. The molecule has 0 radical (unpaired) electrons. The van der Waals surface area contributed by atoms with Crippen LogP contribution in [-0.2, 0) is 6.54 Å². The summed E-state index contributed by atoms with van der Waals surface area (Å²) in [5.41, 5.74) is 3.55. The number of nitrogens with zero attached hydrogens (tertiary/aromatic N) is 4. The third-order valence-corrected chi connectivity index (χ3v) is 5.19. The molecule has 30 heavy (non-hydrogen) atoms. The zero-order valence-electron chi connectivity index (χ0n) is 18.3. The summed E-state index contributed by atoms with van der Waals surface area (Å²) in [4.78, 5) is 11.2. The number of hydrogen-bond acceptors (Lipinski definition) is 3. The van der Waals surface area contributed by atoms with Gasteiger partial charge in [-0.15, -0.1) is 24.0 Å². The van der Waals surface area contributed by atoms with Crippen molar-refractivity contribution in [3.05, 3.63) is 66.0 Å². The Morgan fingerprint density at radius 3 is 2.47 bits per heavy atom. The Hall–Kier alpha value is -2.13. The Morgan fingerprint density at radius 2 is 1.77 bits per heavy atom. The number of benzene rings is 2. The average Bonchev–Trinajstić information content (AvgIpc) is 3.05. The maximum Gasteiger partial charge on any atom is 0.191 e. The molecule has 0 aliphatic carbocycles. The van der Waals surface area contributed by atoms with Crippen LogP contribution in [-0.4, -0.2) is 54.6 Å². The fourth-order valence-corrected chi connectivity index (χ4v) is 3.61. The van der Waals surface area contributed by atoms with Crippen LogP contribution in [0.1, 0.15) is 23.9 Å². The third-order valence-electron chi connectivity index (χ3n) is 5.19. The summed E-state index contributed by atoms with van der Waals surface area (Å²) in [6.45, 7) is 4.64. The largest absolute Gasteiger partial charge is 0.356 e. The predicted molar refractivity (Wildman–Crippen MR) is 137 cm³/mol. The van der Waals surface area contributed by atoms with Crippen LogP contribution in [0.5, 0.6) is 0 Å². The molecule has 6 nitrogen and oxygen atoms in total. The van der Waals surface area contributed by atoms with Crippen LogP contribution in [0.25, 0.3) is 11.0 Å². The first kappa shape index (κ1) is 24.1. The molecule has 1 unspecified atom stereocenters. The highest BCUT2D eigenvalue weighted by Gasteiger charge is 2.14. The zero-order chi connectivity index (χ0) is 20.6. The summed E-state index contributed by atoms with van der Waals surface area (Å²) in [5.74, 6) is 1.89.